The molecule has 50 heavy (non-hydrogen) atoms. The van der Waals surface area contributed by atoms with Crippen LogP contribution in [0.3, 0.4) is 0 Å². The summed E-state index contributed by atoms with van der Waals surface area (Å²) < 4.78 is 14.2. The molecule has 7 atom stereocenters. The molecule has 4 fully saturated rings. The number of aliphatic hydroxyl groups is 1. The van der Waals surface area contributed by atoms with E-state index in [9.17, 15) is 5.11 Å². The van der Waals surface area contributed by atoms with Crippen molar-refractivity contribution in [2.45, 2.75) is 173 Å². The molecule has 6 heteroatoms. The molecule has 4 nitrogen and oxygen atoms in total. The van der Waals surface area contributed by atoms with Gasteiger partial charge >= 0.3 is 0 Å². The molecule has 4 aliphatic carbocycles. The Morgan fingerprint density at radius 1 is 0.940 bits per heavy atom. The van der Waals surface area contributed by atoms with E-state index in [1.54, 1.807) is 5.57 Å². The highest BCUT2D eigenvalue weighted by Gasteiger charge is 2.52. The zero-order valence-electron chi connectivity index (χ0n) is 33.9. The summed E-state index contributed by atoms with van der Waals surface area (Å²) in [4.78, 5) is 4.61. The molecule has 1 aromatic rings. The topological polar surface area (TPSA) is 51.6 Å². The van der Waals surface area contributed by atoms with Crippen LogP contribution in [0.15, 0.2) is 72.0 Å². The molecule has 1 N–H and O–H groups in total. The van der Waals surface area contributed by atoms with Gasteiger partial charge < -0.3 is 14.0 Å². The first-order valence-electron chi connectivity index (χ1n) is 19.8. The molecular formula is C44H71NO3Si2. The van der Waals surface area contributed by atoms with Crippen molar-refractivity contribution < 1.29 is 14.0 Å². The second kappa shape index (κ2) is 14.3. The molecule has 0 unspecified atom stereocenters. The maximum Gasteiger partial charge on any atom is 0.192 e. The maximum atomic E-state index is 11.3. The fourth-order valence-electron chi connectivity index (χ4n) is 9.00. The zero-order chi connectivity index (χ0) is 36.9. The van der Waals surface area contributed by atoms with Gasteiger partial charge in [-0.25, -0.2) is 0 Å². The molecular weight excluding hydrogens is 647 g/mol. The molecule has 0 bridgehead atoms. The minimum Gasteiger partial charge on any atom is -0.413 e. The smallest absolute Gasteiger partial charge is 0.192 e. The van der Waals surface area contributed by atoms with E-state index >= 15 is 0 Å². The van der Waals surface area contributed by atoms with Gasteiger partial charge in [-0.2, -0.15) is 0 Å². The molecule has 4 aliphatic rings. The van der Waals surface area contributed by atoms with Crippen LogP contribution in [-0.4, -0.2) is 45.0 Å². The number of aliphatic hydroxyl groups excluding tert-OH is 1. The Labute approximate surface area is 308 Å². The van der Waals surface area contributed by atoms with Crippen LogP contribution < -0.4 is 0 Å². The van der Waals surface area contributed by atoms with E-state index < -0.39 is 22.7 Å². The quantitative estimate of drug-likeness (QED) is 0.193. The van der Waals surface area contributed by atoms with E-state index in [0.717, 1.165) is 31.4 Å². The van der Waals surface area contributed by atoms with Crippen LogP contribution in [0.1, 0.15) is 119 Å². The summed E-state index contributed by atoms with van der Waals surface area (Å²) in [6, 6.07) is 6.07. The van der Waals surface area contributed by atoms with Gasteiger partial charge in [0, 0.05) is 23.7 Å². The van der Waals surface area contributed by atoms with E-state index in [4.69, 9.17) is 15.4 Å². The van der Waals surface area contributed by atoms with Crippen LogP contribution in [0.2, 0.25) is 36.3 Å². The normalized spacial score (nSPS) is 32.1. The number of pyridine rings is 1. The lowest BCUT2D eigenvalue weighted by Gasteiger charge is -2.45. The predicted octanol–water partition coefficient (Wildman–Crippen LogP) is 11.9. The van der Waals surface area contributed by atoms with Crippen LogP contribution in [0.5, 0.6) is 0 Å². The van der Waals surface area contributed by atoms with E-state index in [2.05, 4.69) is 117 Å². The standard InChI is InChI=1S/C44H71NO3Si2/c1-31(19-24-40(46)44(26-27-44)39-18-14-15-28-45-39)36-22-23-37-33(17-16-25-43(36,37)9)20-21-34-29-35(47-49(10,11)41(3,4)5)30-38(32(34)2)48-50(12,13)42(6,7)8/h14-15,18-21,24,28,31,35-38,40,46H,2,16-17,22-23,25-27,29-30H2,1,3-13H3/t31-,35-,36-,37+,38+,40+,43-/m1/s1. The number of allylic oxidation sites excluding steroid dienone is 4. The van der Waals surface area contributed by atoms with Gasteiger partial charge in [0.25, 0.3) is 0 Å². The third-order valence-electron chi connectivity index (χ3n) is 14.5. The molecule has 0 amide bonds. The Bertz CT molecular complexity index is 1460. The number of nitrogens with zero attached hydrogens (tertiary/aromatic N) is 1. The molecule has 0 aliphatic heterocycles. The van der Waals surface area contributed by atoms with Gasteiger partial charge in [0.05, 0.1) is 18.3 Å². The third kappa shape index (κ3) is 8.00. The molecule has 1 aromatic heterocycles. The Hall–Kier alpha value is -1.58. The van der Waals surface area contributed by atoms with Gasteiger partial charge in [-0.3, -0.25) is 4.98 Å². The van der Waals surface area contributed by atoms with Crippen molar-refractivity contribution in [2.24, 2.45) is 23.2 Å². The lowest BCUT2D eigenvalue weighted by Crippen LogP contribution is -2.49. The van der Waals surface area contributed by atoms with E-state index in [1.807, 2.05) is 18.3 Å². The van der Waals surface area contributed by atoms with Crippen LogP contribution >= 0.6 is 0 Å². The fraction of sp³-hybridized carbons (Fsp3) is 0.705. The Morgan fingerprint density at radius 3 is 2.20 bits per heavy atom. The van der Waals surface area contributed by atoms with Gasteiger partial charge in [0.1, 0.15) is 0 Å². The van der Waals surface area contributed by atoms with E-state index in [0.29, 0.717) is 17.8 Å². The minimum atomic E-state index is -2.00. The van der Waals surface area contributed by atoms with Gasteiger partial charge in [0.2, 0.25) is 0 Å². The SMILES string of the molecule is C=C1C(=CC=C2CCC[C@]3(C)[C@@H]([C@H](C)C=C[C@H](O)C4(c5ccccn5)CC4)CC[C@@H]23)C[C@@H](O[Si](C)(C)C(C)(C)C)C[C@@H]1O[Si](C)(C)C(C)(C)C. The summed E-state index contributed by atoms with van der Waals surface area (Å²) in [5, 5.41) is 11.6. The molecule has 0 spiro atoms. The second-order valence-electron chi connectivity index (χ2n) is 19.9. The molecule has 278 valence electrons. The Morgan fingerprint density at radius 2 is 1.60 bits per heavy atom. The lowest BCUT2D eigenvalue weighted by molar-refractivity contribution is 0.0969. The van der Waals surface area contributed by atoms with Crippen LogP contribution in [0.25, 0.3) is 0 Å². The number of hydrogen-bond acceptors (Lipinski definition) is 4. The molecule has 0 saturated heterocycles. The van der Waals surface area contributed by atoms with Crippen LogP contribution in [-0.2, 0) is 14.3 Å². The third-order valence-corrected chi connectivity index (χ3v) is 23.6. The van der Waals surface area contributed by atoms with Crippen molar-refractivity contribution in [1.29, 1.82) is 0 Å². The Kier molecular flexibility index (Phi) is 11.4. The fourth-order valence-corrected chi connectivity index (χ4v) is 11.7. The average molecular weight is 718 g/mol. The van der Waals surface area contributed by atoms with E-state index in [-0.39, 0.29) is 33.1 Å². The molecule has 0 radical (unpaired) electrons. The molecule has 1 heterocycles. The highest BCUT2D eigenvalue weighted by atomic mass is 28.4. The minimum absolute atomic E-state index is 0.00646. The van der Waals surface area contributed by atoms with Crippen LogP contribution in [0, 0.1) is 23.2 Å². The van der Waals surface area contributed by atoms with Gasteiger partial charge in [-0.05, 0) is 134 Å². The van der Waals surface area contributed by atoms with Gasteiger partial charge in [0.15, 0.2) is 16.6 Å². The summed E-state index contributed by atoms with van der Waals surface area (Å²) in [5.74, 6) is 1.65. The van der Waals surface area contributed by atoms with Crippen molar-refractivity contribution in [3.8, 4) is 0 Å². The van der Waals surface area contributed by atoms with Crippen molar-refractivity contribution >= 4 is 16.6 Å². The summed E-state index contributed by atoms with van der Waals surface area (Å²) >= 11 is 0. The highest BCUT2D eigenvalue weighted by molar-refractivity contribution is 6.74. The van der Waals surface area contributed by atoms with Crippen molar-refractivity contribution in [1.82, 2.24) is 4.98 Å². The molecule has 5 rings (SSSR count). The predicted molar refractivity (Wildman–Crippen MR) is 216 cm³/mol. The monoisotopic (exact) mass is 717 g/mol. The summed E-state index contributed by atoms with van der Waals surface area (Å²) in [6.07, 6.45) is 21.0. The van der Waals surface area contributed by atoms with E-state index in [1.165, 1.54) is 43.3 Å². The number of rotatable bonds is 10. The number of aromatic nitrogens is 1. The first kappa shape index (κ1) is 39.6. The first-order valence-corrected chi connectivity index (χ1v) is 25.7. The van der Waals surface area contributed by atoms with Crippen molar-refractivity contribution in [3.63, 3.8) is 0 Å². The number of hydrogen-bond donors (Lipinski definition) is 1. The number of fused-ring (bicyclic) bond motifs is 1. The highest BCUT2D eigenvalue weighted by Crippen LogP contribution is 2.60. The average Bonchev–Trinajstić information content (AvgIpc) is 3.75. The summed E-state index contributed by atoms with van der Waals surface area (Å²) in [7, 11) is -3.95. The Balaban J connectivity index is 1.35. The van der Waals surface area contributed by atoms with Crippen molar-refractivity contribution in [3.05, 3.63) is 77.7 Å². The maximum absolute atomic E-state index is 11.3. The van der Waals surface area contributed by atoms with Gasteiger partial charge in [-0.1, -0.05) is 97.9 Å². The molecule has 0 aromatic carbocycles. The van der Waals surface area contributed by atoms with Gasteiger partial charge in [-0.15, -0.1) is 0 Å². The first-order chi connectivity index (χ1) is 23.1. The van der Waals surface area contributed by atoms with Crippen LogP contribution in [0.4, 0.5) is 0 Å². The largest absolute Gasteiger partial charge is 0.413 e. The second-order valence-corrected chi connectivity index (χ2v) is 29.4. The summed E-state index contributed by atoms with van der Waals surface area (Å²) in [6.45, 7) is 33.2. The zero-order valence-corrected chi connectivity index (χ0v) is 35.9. The summed E-state index contributed by atoms with van der Waals surface area (Å²) in [5.41, 5.74) is 5.23. The van der Waals surface area contributed by atoms with Crippen molar-refractivity contribution in [2.75, 3.05) is 0 Å². The molecule has 4 saturated carbocycles. The lowest BCUT2D eigenvalue weighted by atomic mass is 9.61.